The van der Waals surface area contributed by atoms with Crippen molar-refractivity contribution in [2.24, 2.45) is 7.05 Å². The maximum atomic E-state index is 5.37. The van der Waals surface area contributed by atoms with E-state index in [1.165, 1.54) is 22.0 Å². The summed E-state index contributed by atoms with van der Waals surface area (Å²) in [4.78, 5) is 9.24. The number of nitrogens with one attached hydrogen (secondary N) is 1. The van der Waals surface area contributed by atoms with Gasteiger partial charge in [-0.05, 0) is 65.4 Å². The highest BCUT2D eigenvalue weighted by atomic mass is 16.5. The third-order valence-electron chi connectivity index (χ3n) is 6.04. The van der Waals surface area contributed by atoms with E-state index in [2.05, 4.69) is 88.6 Å². The number of aromatic nitrogens is 3. The van der Waals surface area contributed by atoms with Crippen LogP contribution in [-0.2, 0) is 13.6 Å². The first-order valence-electron chi connectivity index (χ1n) is 11.8. The molecule has 0 aliphatic carbocycles. The lowest BCUT2D eigenvalue weighted by Gasteiger charge is -2.16. The molecule has 3 aromatic carbocycles. The monoisotopic (exact) mass is 452 g/mol. The molecule has 34 heavy (non-hydrogen) atoms. The fourth-order valence-corrected chi connectivity index (χ4v) is 4.18. The van der Waals surface area contributed by atoms with Crippen molar-refractivity contribution in [2.45, 2.75) is 33.4 Å². The first kappa shape index (κ1) is 23.5. The lowest BCUT2D eigenvalue weighted by atomic mass is 9.99. The van der Waals surface area contributed by atoms with Gasteiger partial charge in [-0.3, -0.25) is 9.97 Å². The second kappa shape index (κ2) is 10.5. The largest absolute Gasteiger partial charge is 0.497 e. The first-order valence-corrected chi connectivity index (χ1v) is 11.8. The van der Waals surface area contributed by atoms with Crippen molar-refractivity contribution in [3.05, 3.63) is 90.4 Å². The number of aryl methyl sites for hydroxylation is 1. The molecule has 0 spiro atoms. The maximum absolute atomic E-state index is 5.37. The Balaban J connectivity index is 0.00000133. The van der Waals surface area contributed by atoms with Gasteiger partial charge in [0.1, 0.15) is 5.75 Å². The highest BCUT2D eigenvalue weighted by Crippen LogP contribution is 2.31. The zero-order valence-electron chi connectivity index (χ0n) is 20.5. The fourth-order valence-electron chi connectivity index (χ4n) is 4.18. The zero-order valence-corrected chi connectivity index (χ0v) is 20.5. The van der Waals surface area contributed by atoms with Gasteiger partial charge in [0.05, 0.1) is 18.1 Å². The number of nitrogens with zero attached hydrogens (tertiary/aromatic N) is 3. The number of methoxy groups -OCH3 is 1. The maximum Gasteiger partial charge on any atom is 0.119 e. The minimum atomic E-state index is 0.186. The smallest absolute Gasteiger partial charge is 0.119 e. The average molecular weight is 453 g/mol. The van der Waals surface area contributed by atoms with Gasteiger partial charge < -0.3 is 14.6 Å². The van der Waals surface area contributed by atoms with E-state index < -0.39 is 0 Å². The molecular formula is C29H32N4O. The van der Waals surface area contributed by atoms with Gasteiger partial charge >= 0.3 is 0 Å². The molecule has 1 atom stereocenters. The van der Waals surface area contributed by atoms with E-state index in [1.54, 1.807) is 19.5 Å². The molecule has 0 saturated heterocycles. The highest BCUT2D eigenvalue weighted by molar-refractivity contribution is 5.95. The second-order valence-electron chi connectivity index (χ2n) is 8.15. The average Bonchev–Trinajstić information content (AvgIpc) is 3.27. The van der Waals surface area contributed by atoms with Crippen molar-refractivity contribution in [1.29, 1.82) is 0 Å². The molecule has 0 aliphatic heterocycles. The minimum absolute atomic E-state index is 0.186. The van der Waals surface area contributed by atoms with Crippen LogP contribution in [0.15, 0.2) is 79.3 Å². The first-order chi connectivity index (χ1) is 16.6. The molecule has 1 N–H and O–H groups in total. The Hall–Kier alpha value is -3.70. The van der Waals surface area contributed by atoms with Gasteiger partial charge in [0.25, 0.3) is 0 Å². The Morgan fingerprint density at radius 2 is 1.79 bits per heavy atom. The number of hydrogen-bond acceptors (Lipinski definition) is 4. The molecule has 5 heteroatoms. The zero-order chi connectivity index (χ0) is 24.1. The molecule has 1 unspecified atom stereocenters. The van der Waals surface area contributed by atoms with Crippen LogP contribution < -0.4 is 10.1 Å². The topological polar surface area (TPSA) is 52.0 Å². The summed E-state index contributed by atoms with van der Waals surface area (Å²) in [6.45, 7) is 6.89. The molecule has 0 fully saturated rings. The van der Waals surface area contributed by atoms with Crippen LogP contribution in [0.3, 0.4) is 0 Å². The Morgan fingerprint density at radius 3 is 2.62 bits per heavy atom. The van der Waals surface area contributed by atoms with Crippen LogP contribution in [0.4, 0.5) is 0 Å². The number of benzene rings is 3. The van der Waals surface area contributed by atoms with E-state index in [-0.39, 0.29) is 6.04 Å². The fraction of sp³-hybridized carbons (Fsp3) is 0.241. The summed E-state index contributed by atoms with van der Waals surface area (Å²) in [7, 11) is 3.77. The van der Waals surface area contributed by atoms with Crippen molar-refractivity contribution in [2.75, 3.05) is 7.11 Å². The Kier molecular flexibility index (Phi) is 7.24. The van der Waals surface area contributed by atoms with Crippen LogP contribution in [-0.4, -0.2) is 21.6 Å². The standard InChI is InChI=1S/C27H26N4O.C2H6/c1-18(21-5-4-6-23(15-21)32-3)30-17-19-13-24(27-25(14-19)28-10-11-29-27)22-8-7-20-9-12-31(2)26(20)16-22;1-2/h4-16,18,30H,17H2,1-3H3;1-2H3. The predicted octanol–water partition coefficient (Wildman–Crippen LogP) is 6.67. The van der Waals surface area contributed by atoms with Crippen molar-refractivity contribution in [3.63, 3.8) is 0 Å². The van der Waals surface area contributed by atoms with E-state index in [0.717, 1.165) is 34.5 Å². The highest BCUT2D eigenvalue weighted by Gasteiger charge is 2.12. The lowest BCUT2D eigenvalue weighted by Crippen LogP contribution is -2.18. The van der Waals surface area contributed by atoms with E-state index in [1.807, 2.05) is 26.0 Å². The Bertz CT molecular complexity index is 1410. The Labute approximate surface area is 201 Å². The van der Waals surface area contributed by atoms with Gasteiger partial charge in [0.2, 0.25) is 0 Å². The van der Waals surface area contributed by atoms with Crippen LogP contribution in [0.2, 0.25) is 0 Å². The summed E-state index contributed by atoms with van der Waals surface area (Å²) in [5.74, 6) is 0.871. The summed E-state index contributed by atoms with van der Waals surface area (Å²) in [5.41, 5.74) is 7.65. The summed E-state index contributed by atoms with van der Waals surface area (Å²) < 4.78 is 7.52. The molecule has 0 saturated carbocycles. The van der Waals surface area contributed by atoms with E-state index in [9.17, 15) is 0 Å². The van der Waals surface area contributed by atoms with Gasteiger partial charge in [-0.15, -0.1) is 0 Å². The quantitative estimate of drug-likeness (QED) is 0.312. The third kappa shape index (κ3) is 4.80. The number of ether oxygens (including phenoxy) is 1. The molecule has 5 rings (SSSR count). The summed E-state index contributed by atoms with van der Waals surface area (Å²) >= 11 is 0. The molecule has 5 aromatic rings. The normalized spacial score (nSPS) is 11.8. The lowest BCUT2D eigenvalue weighted by molar-refractivity contribution is 0.413. The molecule has 5 nitrogen and oxygen atoms in total. The molecule has 2 heterocycles. The van der Waals surface area contributed by atoms with Crippen molar-refractivity contribution < 1.29 is 4.74 Å². The van der Waals surface area contributed by atoms with E-state index in [0.29, 0.717) is 0 Å². The van der Waals surface area contributed by atoms with E-state index in [4.69, 9.17) is 4.74 Å². The molecular weight excluding hydrogens is 420 g/mol. The summed E-state index contributed by atoms with van der Waals surface area (Å²) in [6, 6.07) is 21.4. The number of fused-ring (bicyclic) bond motifs is 2. The van der Waals surface area contributed by atoms with E-state index >= 15 is 0 Å². The molecule has 0 aliphatic rings. The van der Waals surface area contributed by atoms with Gasteiger partial charge in [-0.25, -0.2) is 0 Å². The van der Waals surface area contributed by atoms with Gasteiger partial charge in [-0.1, -0.05) is 38.1 Å². The van der Waals surface area contributed by atoms with Crippen LogP contribution in [0.5, 0.6) is 5.75 Å². The van der Waals surface area contributed by atoms with Crippen molar-refractivity contribution in [3.8, 4) is 16.9 Å². The molecule has 0 amide bonds. The second-order valence-corrected chi connectivity index (χ2v) is 8.15. The van der Waals surface area contributed by atoms with Gasteiger partial charge in [0.15, 0.2) is 0 Å². The molecule has 0 radical (unpaired) electrons. The Morgan fingerprint density at radius 1 is 0.971 bits per heavy atom. The SMILES string of the molecule is CC.COc1cccc(C(C)NCc2cc(-c3ccc4ccn(C)c4c3)c3nccnc3c2)c1. The molecule has 174 valence electrons. The van der Waals surface area contributed by atoms with Crippen LogP contribution in [0, 0.1) is 0 Å². The van der Waals surface area contributed by atoms with Gasteiger partial charge in [-0.2, -0.15) is 0 Å². The number of rotatable bonds is 6. The summed E-state index contributed by atoms with van der Waals surface area (Å²) in [5, 5.41) is 4.87. The summed E-state index contributed by atoms with van der Waals surface area (Å²) in [6.07, 6.45) is 5.60. The predicted molar refractivity (Wildman–Crippen MR) is 141 cm³/mol. The third-order valence-corrected chi connectivity index (χ3v) is 6.04. The van der Waals surface area contributed by atoms with Crippen LogP contribution >= 0.6 is 0 Å². The number of hydrogen-bond donors (Lipinski definition) is 1. The molecule has 2 aromatic heterocycles. The van der Waals surface area contributed by atoms with Gasteiger partial charge in [0, 0.05) is 49.3 Å². The molecule has 0 bridgehead atoms. The van der Waals surface area contributed by atoms with Crippen LogP contribution in [0.1, 0.15) is 37.9 Å². The van der Waals surface area contributed by atoms with Crippen LogP contribution in [0.25, 0.3) is 33.1 Å². The van der Waals surface area contributed by atoms with Crippen molar-refractivity contribution in [1.82, 2.24) is 19.9 Å². The van der Waals surface area contributed by atoms with Crippen molar-refractivity contribution >= 4 is 21.9 Å². The minimum Gasteiger partial charge on any atom is -0.497 e.